The van der Waals surface area contributed by atoms with E-state index >= 15 is 8.78 Å². The molecule has 3 aromatic carbocycles. The van der Waals surface area contributed by atoms with Gasteiger partial charge in [-0.15, -0.1) is 0 Å². The Bertz CT molecular complexity index is 1440. The normalized spacial score (nSPS) is 25.7. The fourth-order valence-corrected chi connectivity index (χ4v) is 6.77. The molecular weight excluding hydrogens is 510 g/mol. The second kappa shape index (κ2) is 9.33. The van der Waals surface area contributed by atoms with E-state index in [0.29, 0.717) is 29.5 Å². The van der Waals surface area contributed by atoms with Crippen LogP contribution in [0.15, 0.2) is 42.5 Å². The lowest BCUT2D eigenvalue weighted by Gasteiger charge is -2.35. The van der Waals surface area contributed by atoms with Crippen LogP contribution >= 0.6 is 11.6 Å². The van der Waals surface area contributed by atoms with E-state index in [0.717, 1.165) is 24.9 Å². The van der Waals surface area contributed by atoms with Gasteiger partial charge in [0.2, 0.25) is 0 Å². The van der Waals surface area contributed by atoms with E-state index in [1.807, 2.05) is 37.3 Å². The molecule has 0 unspecified atom stereocenters. The first kappa shape index (κ1) is 25.3. The lowest BCUT2D eigenvalue weighted by atomic mass is 9.80. The third-order valence-electron chi connectivity index (χ3n) is 8.41. The van der Waals surface area contributed by atoms with Crippen molar-refractivity contribution in [2.45, 2.75) is 50.4 Å². The van der Waals surface area contributed by atoms with Crippen LogP contribution in [-0.4, -0.2) is 30.6 Å². The molecule has 6 rings (SSSR count). The monoisotopic (exact) mass is 538 g/mol. The second-order valence-corrected chi connectivity index (χ2v) is 11.0. The van der Waals surface area contributed by atoms with Crippen molar-refractivity contribution < 1.29 is 23.4 Å². The van der Waals surface area contributed by atoms with Crippen LogP contribution < -0.4 is 15.4 Å². The number of rotatable bonds is 4. The highest BCUT2D eigenvalue weighted by atomic mass is 35.5. The molecule has 38 heavy (non-hydrogen) atoms. The minimum atomic E-state index is -0.895. The molecule has 0 aromatic heterocycles. The van der Waals surface area contributed by atoms with Crippen LogP contribution in [-0.2, 0) is 18.4 Å². The van der Waals surface area contributed by atoms with Gasteiger partial charge in [-0.25, -0.2) is 8.78 Å². The van der Waals surface area contributed by atoms with E-state index in [1.54, 1.807) is 0 Å². The van der Waals surface area contributed by atoms with Gasteiger partial charge < -0.3 is 20.5 Å². The van der Waals surface area contributed by atoms with Gasteiger partial charge in [0.25, 0.3) is 5.91 Å². The smallest absolute Gasteiger partial charge is 0.251 e. The summed E-state index contributed by atoms with van der Waals surface area (Å²) in [6.07, 6.45) is 1.56. The van der Waals surface area contributed by atoms with E-state index < -0.39 is 29.2 Å². The fourth-order valence-electron chi connectivity index (χ4n) is 6.50. The molecule has 0 bridgehead atoms. The van der Waals surface area contributed by atoms with Crippen LogP contribution in [0.5, 0.6) is 5.75 Å². The highest BCUT2D eigenvalue weighted by Gasteiger charge is 2.50. The number of ether oxygens (including phenoxy) is 1. The van der Waals surface area contributed by atoms with E-state index in [9.17, 15) is 9.90 Å². The predicted octanol–water partition coefficient (Wildman–Crippen LogP) is 5.45. The van der Waals surface area contributed by atoms with Crippen molar-refractivity contribution in [2.24, 2.45) is 5.92 Å². The molecule has 2 aliphatic heterocycles. The van der Waals surface area contributed by atoms with Crippen LogP contribution in [0, 0.1) is 17.6 Å². The summed E-state index contributed by atoms with van der Waals surface area (Å²) in [7, 11) is 1.45. The minimum absolute atomic E-state index is 0.00259. The molecule has 8 heteroatoms. The summed E-state index contributed by atoms with van der Waals surface area (Å²) in [5.74, 6) is -1.89. The van der Waals surface area contributed by atoms with Crippen molar-refractivity contribution in [1.29, 1.82) is 0 Å². The number of aliphatic hydroxyl groups excluding tert-OH is 1. The van der Waals surface area contributed by atoms with Gasteiger partial charge in [-0.05, 0) is 54.5 Å². The molecule has 1 aliphatic carbocycles. The second-order valence-electron chi connectivity index (χ2n) is 10.6. The summed E-state index contributed by atoms with van der Waals surface area (Å²) in [5.41, 5.74) is 1.42. The SMILES string of the molecule is CNC(=O)c1cc2c(c(F)c1-c1c(Cl)c(F)cc3c1C[C@](c1ccccc1)([C@@H]1CCCN1)O3)C[C@H](C)[C@H]2O. The van der Waals surface area contributed by atoms with Crippen molar-refractivity contribution in [2.75, 3.05) is 13.6 Å². The molecule has 1 fully saturated rings. The van der Waals surface area contributed by atoms with Gasteiger partial charge >= 0.3 is 0 Å². The predicted molar refractivity (Wildman–Crippen MR) is 141 cm³/mol. The summed E-state index contributed by atoms with van der Waals surface area (Å²) < 4.78 is 38.5. The maximum atomic E-state index is 16.4. The van der Waals surface area contributed by atoms with Crippen LogP contribution in [0.3, 0.4) is 0 Å². The van der Waals surface area contributed by atoms with E-state index in [2.05, 4.69) is 10.6 Å². The summed E-state index contributed by atoms with van der Waals surface area (Å²) in [6, 6.07) is 12.5. The zero-order valence-corrected chi connectivity index (χ0v) is 22.0. The molecule has 0 radical (unpaired) electrons. The lowest BCUT2D eigenvalue weighted by Crippen LogP contribution is -2.48. The Labute approximate surface area is 225 Å². The first-order chi connectivity index (χ1) is 18.3. The van der Waals surface area contributed by atoms with Crippen molar-refractivity contribution in [3.8, 4) is 16.9 Å². The zero-order chi connectivity index (χ0) is 26.8. The Morgan fingerprint density at radius 1 is 1.18 bits per heavy atom. The molecule has 1 saturated heterocycles. The van der Waals surface area contributed by atoms with Gasteiger partial charge in [-0.2, -0.15) is 0 Å². The number of benzene rings is 3. The molecule has 198 valence electrons. The Hall–Kier alpha value is -3.00. The van der Waals surface area contributed by atoms with Gasteiger partial charge in [0.15, 0.2) is 5.60 Å². The number of fused-ring (bicyclic) bond motifs is 2. The Kier molecular flexibility index (Phi) is 6.21. The number of hydrogen-bond acceptors (Lipinski definition) is 4. The molecule has 0 saturated carbocycles. The number of nitrogens with one attached hydrogen (secondary N) is 2. The molecule has 2 heterocycles. The topological polar surface area (TPSA) is 70.6 Å². The highest BCUT2D eigenvalue weighted by molar-refractivity contribution is 6.34. The standard InChI is InChI=1S/C30H29ClF2N2O3/c1-15-11-17-18(28(15)36)12-19(29(37)34-2)25(27(17)33)24-20-14-30(23-9-6-10-35-23,16-7-4-3-5-8-16)38-22(20)13-21(32)26(24)31/h3-5,7-8,12-13,15,23,28,35-36H,6,9-11,14H2,1-2H3,(H,34,37)/t15-,23-,28+,30-/m0/s1. The van der Waals surface area contributed by atoms with Crippen molar-refractivity contribution in [3.63, 3.8) is 0 Å². The molecule has 3 aliphatic rings. The summed E-state index contributed by atoms with van der Waals surface area (Å²) >= 11 is 6.62. The van der Waals surface area contributed by atoms with E-state index in [1.165, 1.54) is 19.2 Å². The van der Waals surface area contributed by atoms with Crippen molar-refractivity contribution in [1.82, 2.24) is 10.6 Å². The van der Waals surface area contributed by atoms with Gasteiger partial charge in [-0.1, -0.05) is 48.9 Å². The van der Waals surface area contributed by atoms with Crippen molar-refractivity contribution in [3.05, 3.63) is 86.9 Å². The molecule has 4 atom stereocenters. The average Bonchev–Trinajstić information content (AvgIpc) is 3.65. The maximum Gasteiger partial charge on any atom is 0.251 e. The van der Waals surface area contributed by atoms with Gasteiger partial charge in [0.05, 0.1) is 22.7 Å². The first-order valence-electron chi connectivity index (χ1n) is 13.0. The average molecular weight is 539 g/mol. The van der Waals surface area contributed by atoms with Gasteiger partial charge in [-0.3, -0.25) is 4.79 Å². The Morgan fingerprint density at radius 2 is 1.95 bits per heavy atom. The quantitative estimate of drug-likeness (QED) is 0.413. The van der Waals surface area contributed by atoms with Gasteiger partial charge in [0.1, 0.15) is 17.4 Å². The number of halogens is 3. The summed E-state index contributed by atoms with van der Waals surface area (Å²) in [4.78, 5) is 13.1. The summed E-state index contributed by atoms with van der Waals surface area (Å²) in [5, 5.41) is 16.5. The van der Waals surface area contributed by atoms with Crippen LogP contribution in [0.25, 0.3) is 11.1 Å². The minimum Gasteiger partial charge on any atom is -0.480 e. The maximum absolute atomic E-state index is 16.4. The lowest BCUT2D eigenvalue weighted by molar-refractivity contribution is 0.0539. The number of amides is 1. The van der Waals surface area contributed by atoms with E-state index in [-0.39, 0.29) is 39.4 Å². The Balaban J connectivity index is 1.61. The molecule has 5 nitrogen and oxygen atoms in total. The Morgan fingerprint density at radius 3 is 2.63 bits per heavy atom. The van der Waals surface area contributed by atoms with Crippen molar-refractivity contribution >= 4 is 17.5 Å². The van der Waals surface area contributed by atoms with Crippen LogP contribution in [0.1, 0.15) is 58.5 Å². The zero-order valence-electron chi connectivity index (χ0n) is 21.2. The highest BCUT2D eigenvalue weighted by Crippen LogP contribution is 2.53. The first-order valence-corrected chi connectivity index (χ1v) is 13.4. The molecule has 3 aromatic rings. The molecule has 0 spiro atoms. The number of carbonyl (C=O) groups is 1. The number of aliphatic hydroxyl groups is 1. The van der Waals surface area contributed by atoms with Crippen LogP contribution in [0.4, 0.5) is 8.78 Å². The molecule has 1 amide bonds. The molecular formula is C30H29ClF2N2O3. The molecule has 3 N–H and O–H groups in total. The number of hydrogen-bond donors (Lipinski definition) is 3. The van der Waals surface area contributed by atoms with Gasteiger partial charge in [0, 0.05) is 36.2 Å². The van der Waals surface area contributed by atoms with E-state index in [4.69, 9.17) is 16.3 Å². The summed E-state index contributed by atoms with van der Waals surface area (Å²) in [6.45, 7) is 2.66. The van der Waals surface area contributed by atoms with Crippen LogP contribution in [0.2, 0.25) is 5.02 Å². The largest absolute Gasteiger partial charge is 0.480 e. The number of carbonyl (C=O) groups excluding carboxylic acids is 1. The third-order valence-corrected chi connectivity index (χ3v) is 8.78. The fraction of sp³-hybridized carbons (Fsp3) is 0.367. The third kappa shape index (κ3) is 3.67.